The summed E-state index contributed by atoms with van der Waals surface area (Å²) in [6.07, 6.45) is 6.86. The fourth-order valence-corrected chi connectivity index (χ4v) is 5.16. The fraction of sp³-hybridized carbons (Fsp3) is 0.294. The number of carbonyl (C=O) groups excluding carboxylic acids is 1. The number of hydrogen-bond donors (Lipinski definition) is 0. The molecule has 0 aliphatic carbocycles. The summed E-state index contributed by atoms with van der Waals surface area (Å²) in [7, 11) is 3.47. The molecule has 0 N–H and O–H groups in total. The summed E-state index contributed by atoms with van der Waals surface area (Å²) in [5.41, 5.74) is 5.94. The van der Waals surface area contributed by atoms with Gasteiger partial charge in [-0.05, 0) is 35.2 Å². The zero-order valence-corrected chi connectivity index (χ0v) is 24.1. The van der Waals surface area contributed by atoms with Gasteiger partial charge in [0.2, 0.25) is 0 Å². The number of fused-ring (bicyclic) bond motifs is 1. The number of methoxy groups -OCH3 is 1. The van der Waals surface area contributed by atoms with Crippen molar-refractivity contribution in [2.75, 3.05) is 33.9 Å². The van der Waals surface area contributed by atoms with Crippen molar-refractivity contribution in [3.63, 3.8) is 0 Å². The predicted octanol–water partition coefficient (Wildman–Crippen LogP) is 6.19. The highest BCUT2D eigenvalue weighted by Gasteiger charge is 2.21. The number of nitrogens with zero attached hydrogens (tertiary/aromatic N) is 4. The van der Waals surface area contributed by atoms with Crippen LogP contribution in [0.4, 0.5) is 0 Å². The molecule has 41 heavy (non-hydrogen) atoms. The predicted molar refractivity (Wildman–Crippen MR) is 163 cm³/mol. The zero-order chi connectivity index (χ0) is 28.6. The lowest BCUT2D eigenvalue weighted by Gasteiger charge is -2.17. The summed E-state index contributed by atoms with van der Waals surface area (Å²) in [6, 6.07) is 24.8. The second-order valence-corrected chi connectivity index (χ2v) is 10.4. The van der Waals surface area contributed by atoms with Crippen LogP contribution in [0.3, 0.4) is 0 Å². The highest BCUT2D eigenvalue weighted by molar-refractivity contribution is 6.05. The maximum Gasteiger partial charge on any atom is 0.255 e. The van der Waals surface area contributed by atoms with E-state index in [2.05, 4.69) is 62.8 Å². The highest BCUT2D eigenvalue weighted by atomic mass is 16.5. The van der Waals surface area contributed by atoms with E-state index < -0.39 is 0 Å². The Morgan fingerprint density at radius 1 is 0.927 bits per heavy atom. The number of benzene rings is 3. The Hall–Kier alpha value is -4.20. The molecule has 2 heterocycles. The molecule has 7 heteroatoms. The van der Waals surface area contributed by atoms with E-state index in [0.29, 0.717) is 38.5 Å². The van der Waals surface area contributed by atoms with Crippen molar-refractivity contribution in [3.8, 4) is 11.1 Å². The van der Waals surface area contributed by atoms with Gasteiger partial charge in [0, 0.05) is 51.8 Å². The topological polar surface area (TPSA) is 61.5 Å². The molecule has 212 valence electrons. The first-order valence-corrected chi connectivity index (χ1v) is 14.1. The van der Waals surface area contributed by atoms with E-state index in [1.54, 1.807) is 12.0 Å². The number of hydrogen-bond acceptors (Lipinski definition) is 4. The van der Waals surface area contributed by atoms with E-state index in [1.807, 2.05) is 56.8 Å². The van der Waals surface area contributed by atoms with Gasteiger partial charge in [0.25, 0.3) is 5.91 Å². The third-order valence-corrected chi connectivity index (χ3v) is 7.45. The average molecular weight is 551 g/mol. The van der Waals surface area contributed by atoms with E-state index in [-0.39, 0.29) is 5.91 Å². The van der Waals surface area contributed by atoms with Crippen molar-refractivity contribution in [1.29, 1.82) is 0 Å². The molecular weight excluding hydrogens is 512 g/mol. The minimum atomic E-state index is -0.0236. The molecule has 0 saturated carbocycles. The van der Waals surface area contributed by atoms with E-state index in [0.717, 1.165) is 46.3 Å². The number of aryl methyl sites for hydroxylation is 2. The van der Waals surface area contributed by atoms with Crippen LogP contribution in [-0.2, 0) is 29.2 Å². The van der Waals surface area contributed by atoms with Crippen LogP contribution in [0.1, 0.15) is 33.7 Å². The standard InChI is InChI=1S/C34H38N4O3/c1-26-33(38(25-35-26)17-10-19-41-24-27-11-5-4-6-12-27)23-37-21-31(32(22-37)34(39)36(2)18-20-40-3)30-16-9-14-28-13-7-8-15-29(28)30/h4-9,11-16,21-22,25H,10,17-20,23-24H2,1-3H3. The minimum absolute atomic E-state index is 0.0236. The molecule has 0 aliphatic rings. The monoisotopic (exact) mass is 550 g/mol. The summed E-state index contributed by atoms with van der Waals surface area (Å²) in [5.74, 6) is -0.0236. The second-order valence-electron chi connectivity index (χ2n) is 10.4. The summed E-state index contributed by atoms with van der Waals surface area (Å²) in [6.45, 7) is 5.77. The molecule has 0 fully saturated rings. The number of likely N-dealkylation sites (N-methyl/N-ethyl adjacent to an activating group) is 1. The van der Waals surface area contributed by atoms with E-state index >= 15 is 0 Å². The van der Waals surface area contributed by atoms with Crippen LogP contribution in [0.5, 0.6) is 0 Å². The molecular formula is C34H38N4O3. The Labute approximate surface area is 242 Å². The molecule has 2 aromatic heterocycles. The van der Waals surface area contributed by atoms with Crippen molar-refractivity contribution in [3.05, 3.63) is 114 Å². The van der Waals surface area contributed by atoms with Gasteiger partial charge in [0.15, 0.2) is 0 Å². The number of aromatic nitrogens is 3. The van der Waals surface area contributed by atoms with Crippen LogP contribution in [0, 0.1) is 6.92 Å². The maximum absolute atomic E-state index is 13.7. The lowest BCUT2D eigenvalue weighted by Crippen LogP contribution is -2.30. The van der Waals surface area contributed by atoms with E-state index in [9.17, 15) is 4.79 Å². The first-order chi connectivity index (χ1) is 20.0. The summed E-state index contributed by atoms with van der Waals surface area (Å²) in [5, 5.41) is 2.27. The smallest absolute Gasteiger partial charge is 0.255 e. The molecule has 1 amide bonds. The average Bonchev–Trinajstić information content (AvgIpc) is 3.58. The van der Waals surface area contributed by atoms with Crippen LogP contribution >= 0.6 is 0 Å². The summed E-state index contributed by atoms with van der Waals surface area (Å²) in [4.78, 5) is 20.0. The molecule has 0 bridgehead atoms. The Kier molecular flexibility index (Phi) is 9.29. The quantitative estimate of drug-likeness (QED) is 0.164. The largest absolute Gasteiger partial charge is 0.383 e. The van der Waals surface area contributed by atoms with Gasteiger partial charge in [-0.15, -0.1) is 0 Å². The number of ether oxygens (including phenoxy) is 2. The van der Waals surface area contributed by atoms with Crippen LogP contribution in [0.2, 0.25) is 0 Å². The van der Waals surface area contributed by atoms with Crippen molar-refractivity contribution < 1.29 is 14.3 Å². The van der Waals surface area contributed by atoms with Gasteiger partial charge >= 0.3 is 0 Å². The molecule has 5 rings (SSSR count). The zero-order valence-electron chi connectivity index (χ0n) is 24.1. The summed E-state index contributed by atoms with van der Waals surface area (Å²) < 4.78 is 15.4. The molecule has 0 saturated heterocycles. The van der Waals surface area contributed by atoms with Crippen LogP contribution in [-0.4, -0.2) is 58.8 Å². The van der Waals surface area contributed by atoms with E-state index in [4.69, 9.17) is 9.47 Å². The molecule has 7 nitrogen and oxygen atoms in total. The van der Waals surface area contributed by atoms with Gasteiger partial charge in [-0.2, -0.15) is 0 Å². The van der Waals surface area contributed by atoms with Gasteiger partial charge in [-0.1, -0.05) is 72.8 Å². The van der Waals surface area contributed by atoms with Crippen LogP contribution in [0.25, 0.3) is 21.9 Å². The SMILES string of the molecule is COCCN(C)C(=O)c1cn(Cc2c(C)ncn2CCCOCc2ccccc2)cc1-c1cccc2ccccc12. The van der Waals surface area contributed by atoms with Crippen molar-refractivity contribution in [1.82, 2.24) is 19.0 Å². The normalized spacial score (nSPS) is 11.3. The fourth-order valence-electron chi connectivity index (χ4n) is 5.16. The van der Waals surface area contributed by atoms with Crippen molar-refractivity contribution in [2.24, 2.45) is 0 Å². The van der Waals surface area contributed by atoms with Gasteiger partial charge in [0.05, 0.1) is 43.0 Å². The van der Waals surface area contributed by atoms with Gasteiger partial charge in [-0.3, -0.25) is 4.79 Å². The Morgan fingerprint density at radius 2 is 1.71 bits per heavy atom. The van der Waals surface area contributed by atoms with E-state index in [1.165, 1.54) is 5.56 Å². The first-order valence-electron chi connectivity index (χ1n) is 14.1. The molecule has 0 unspecified atom stereocenters. The Morgan fingerprint density at radius 3 is 2.54 bits per heavy atom. The molecule has 0 spiro atoms. The molecule has 5 aromatic rings. The Bertz CT molecular complexity index is 1580. The minimum Gasteiger partial charge on any atom is -0.383 e. The lowest BCUT2D eigenvalue weighted by molar-refractivity contribution is 0.0745. The second kappa shape index (κ2) is 13.4. The maximum atomic E-state index is 13.7. The third-order valence-electron chi connectivity index (χ3n) is 7.45. The lowest BCUT2D eigenvalue weighted by atomic mass is 9.97. The number of imidazole rings is 1. The summed E-state index contributed by atoms with van der Waals surface area (Å²) >= 11 is 0. The highest BCUT2D eigenvalue weighted by Crippen LogP contribution is 2.33. The van der Waals surface area contributed by atoms with Gasteiger partial charge < -0.3 is 23.5 Å². The number of rotatable bonds is 13. The van der Waals surface area contributed by atoms with Gasteiger partial charge in [-0.25, -0.2) is 4.98 Å². The molecule has 0 aliphatic heterocycles. The Balaban J connectivity index is 1.37. The van der Waals surface area contributed by atoms with Crippen molar-refractivity contribution >= 4 is 16.7 Å². The molecule has 0 radical (unpaired) electrons. The number of amides is 1. The first kappa shape index (κ1) is 28.3. The van der Waals surface area contributed by atoms with Crippen LogP contribution in [0.15, 0.2) is 91.5 Å². The molecule has 3 aromatic carbocycles. The van der Waals surface area contributed by atoms with Crippen LogP contribution < -0.4 is 0 Å². The molecule has 0 atom stereocenters. The van der Waals surface area contributed by atoms with Gasteiger partial charge in [0.1, 0.15) is 0 Å². The third kappa shape index (κ3) is 6.76. The number of carbonyl (C=O) groups is 1. The van der Waals surface area contributed by atoms with Crippen molar-refractivity contribution in [2.45, 2.75) is 33.0 Å².